The lowest BCUT2D eigenvalue weighted by Gasteiger charge is -2.35. The minimum absolute atomic E-state index is 0.0165. The summed E-state index contributed by atoms with van der Waals surface area (Å²) in [5.74, 6) is -0.0299. The van der Waals surface area contributed by atoms with Crippen LogP contribution < -0.4 is 10.1 Å². The van der Waals surface area contributed by atoms with Crippen LogP contribution in [0.1, 0.15) is 65.0 Å². The fourth-order valence-electron chi connectivity index (χ4n) is 4.71. The summed E-state index contributed by atoms with van der Waals surface area (Å²) < 4.78 is 31.7. The van der Waals surface area contributed by atoms with E-state index in [1.165, 1.54) is 18.6 Å². The fraction of sp³-hybridized carbons (Fsp3) is 0.500. The zero-order valence-electron chi connectivity index (χ0n) is 22.0. The maximum absolute atomic E-state index is 13.7. The molecule has 3 aromatic rings. The van der Waals surface area contributed by atoms with Crippen molar-refractivity contribution in [1.29, 1.82) is 0 Å². The third-order valence-corrected chi connectivity index (χ3v) is 6.85. The van der Waals surface area contributed by atoms with Crippen molar-refractivity contribution in [3.8, 4) is 28.7 Å². The number of aromatic amines is 1. The lowest BCUT2D eigenvalue weighted by molar-refractivity contribution is -0.231. The van der Waals surface area contributed by atoms with E-state index in [0.717, 1.165) is 25.7 Å². The molecule has 1 amide bonds. The first kappa shape index (κ1) is 26.2. The molecule has 0 spiro atoms. The number of carbonyl (C=O) groups excluding carboxylic acids is 1. The van der Waals surface area contributed by atoms with Crippen molar-refractivity contribution < 1.29 is 23.4 Å². The van der Waals surface area contributed by atoms with Gasteiger partial charge in [-0.2, -0.15) is 4.98 Å². The maximum Gasteiger partial charge on any atom is 0.317 e. The normalized spacial score (nSPS) is 22.4. The summed E-state index contributed by atoms with van der Waals surface area (Å²) in [7, 11) is 0. The third kappa shape index (κ3) is 5.86. The van der Waals surface area contributed by atoms with Gasteiger partial charge >= 0.3 is 6.01 Å². The first-order chi connectivity index (χ1) is 18.3. The van der Waals surface area contributed by atoms with Gasteiger partial charge in [-0.1, -0.05) is 6.42 Å². The Labute approximate surface area is 221 Å². The van der Waals surface area contributed by atoms with Crippen molar-refractivity contribution in [3.63, 3.8) is 0 Å². The number of ether oxygens (including phenoxy) is 3. The average molecular weight is 524 g/mol. The molecule has 10 heteroatoms. The number of carbonyl (C=O) groups is 1. The van der Waals surface area contributed by atoms with Crippen LogP contribution in [0.25, 0.3) is 22.6 Å². The quantitative estimate of drug-likeness (QED) is 0.450. The van der Waals surface area contributed by atoms with E-state index in [1.807, 2.05) is 20.8 Å². The molecule has 0 unspecified atom stereocenters. The molecule has 38 heavy (non-hydrogen) atoms. The first-order valence-electron chi connectivity index (χ1n) is 13.2. The SMILES string of the molecule is CC(C)NC(=O)C1(C)COC(c2nc(-c3ccc(F)cc3)c(-c3ccnc(OC4CCCCC4)n3)[nH]2)OC1. The van der Waals surface area contributed by atoms with Gasteiger partial charge in [-0.25, -0.2) is 14.4 Å². The largest absolute Gasteiger partial charge is 0.460 e. The molecule has 2 N–H and O–H groups in total. The molecule has 9 nitrogen and oxygen atoms in total. The summed E-state index contributed by atoms with van der Waals surface area (Å²) in [6, 6.07) is 8.20. The molecule has 0 radical (unpaired) electrons. The van der Waals surface area contributed by atoms with Gasteiger partial charge in [0.2, 0.25) is 12.2 Å². The summed E-state index contributed by atoms with van der Waals surface area (Å²) in [4.78, 5) is 29.7. The molecule has 2 aliphatic rings. The topological polar surface area (TPSA) is 111 Å². The molecular weight excluding hydrogens is 489 g/mol. The number of hydrogen-bond donors (Lipinski definition) is 2. The number of aromatic nitrogens is 4. The van der Waals surface area contributed by atoms with E-state index < -0.39 is 11.7 Å². The van der Waals surface area contributed by atoms with Gasteiger partial charge in [-0.05, 0) is 76.8 Å². The Balaban J connectivity index is 1.42. The van der Waals surface area contributed by atoms with Crippen molar-refractivity contribution in [2.75, 3.05) is 13.2 Å². The van der Waals surface area contributed by atoms with Crippen molar-refractivity contribution in [2.45, 2.75) is 71.3 Å². The van der Waals surface area contributed by atoms with Crippen LogP contribution in [-0.2, 0) is 14.3 Å². The molecule has 3 heterocycles. The number of halogens is 1. The predicted octanol–water partition coefficient (Wildman–Crippen LogP) is 4.96. The highest BCUT2D eigenvalue weighted by Crippen LogP contribution is 2.36. The van der Waals surface area contributed by atoms with Crippen molar-refractivity contribution in [2.24, 2.45) is 5.41 Å². The van der Waals surface area contributed by atoms with Crippen LogP contribution in [0.15, 0.2) is 36.5 Å². The van der Waals surface area contributed by atoms with Gasteiger partial charge in [-0.3, -0.25) is 4.79 Å². The predicted molar refractivity (Wildman–Crippen MR) is 139 cm³/mol. The highest BCUT2D eigenvalue weighted by molar-refractivity contribution is 5.83. The molecule has 202 valence electrons. The minimum atomic E-state index is -0.812. The second-order valence-corrected chi connectivity index (χ2v) is 10.6. The molecule has 2 aromatic heterocycles. The van der Waals surface area contributed by atoms with Crippen molar-refractivity contribution in [3.05, 3.63) is 48.2 Å². The summed E-state index contributed by atoms with van der Waals surface area (Å²) in [6.45, 7) is 5.98. The van der Waals surface area contributed by atoms with Crippen molar-refractivity contribution >= 4 is 5.91 Å². The molecule has 0 bridgehead atoms. The molecule has 1 saturated heterocycles. The van der Waals surface area contributed by atoms with Gasteiger partial charge < -0.3 is 24.5 Å². The Bertz CT molecular complexity index is 1250. The van der Waals surface area contributed by atoms with Crippen LogP contribution in [0.3, 0.4) is 0 Å². The number of benzene rings is 1. The summed E-state index contributed by atoms with van der Waals surface area (Å²) in [5, 5.41) is 2.92. The Morgan fingerprint density at radius 2 is 1.82 bits per heavy atom. The lowest BCUT2D eigenvalue weighted by Crippen LogP contribution is -2.50. The van der Waals surface area contributed by atoms with Gasteiger partial charge in [-0.15, -0.1) is 0 Å². The van der Waals surface area contributed by atoms with Gasteiger partial charge in [0.25, 0.3) is 0 Å². The highest BCUT2D eigenvalue weighted by atomic mass is 19.1. The third-order valence-electron chi connectivity index (χ3n) is 6.85. The van der Waals surface area contributed by atoms with Gasteiger partial charge in [0, 0.05) is 17.8 Å². The van der Waals surface area contributed by atoms with E-state index in [0.29, 0.717) is 34.5 Å². The van der Waals surface area contributed by atoms with E-state index in [2.05, 4.69) is 20.3 Å². The number of rotatable bonds is 7. The number of H-pyrrole nitrogens is 1. The molecule has 0 atom stereocenters. The van der Waals surface area contributed by atoms with E-state index in [-0.39, 0.29) is 37.1 Å². The van der Waals surface area contributed by atoms with E-state index in [4.69, 9.17) is 19.2 Å². The number of nitrogens with one attached hydrogen (secondary N) is 2. The zero-order valence-corrected chi connectivity index (χ0v) is 22.0. The standard InChI is InChI=1S/C28H34FN5O4/c1-17(2)31-26(35)28(3)15-36-25(37-16-28)24-33-22(18-9-11-19(29)12-10-18)23(34-24)21-13-14-30-27(32-21)38-20-7-5-4-6-8-20/h9-14,17,20,25H,4-8,15-16H2,1-3H3,(H,31,35)(H,33,34). The van der Waals surface area contributed by atoms with Crippen LogP contribution in [-0.4, -0.2) is 51.2 Å². The summed E-state index contributed by atoms with van der Waals surface area (Å²) in [5.41, 5.74) is 1.66. The smallest absolute Gasteiger partial charge is 0.317 e. The van der Waals surface area contributed by atoms with Crippen LogP contribution in [0.2, 0.25) is 0 Å². The fourth-order valence-corrected chi connectivity index (χ4v) is 4.71. The van der Waals surface area contributed by atoms with Crippen LogP contribution in [0, 0.1) is 11.2 Å². The number of hydrogen-bond acceptors (Lipinski definition) is 7. The second-order valence-electron chi connectivity index (χ2n) is 10.6. The van der Waals surface area contributed by atoms with E-state index in [9.17, 15) is 9.18 Å². The van der Waals surface area contributed by atoms with Gasteiger partial charge in [0.05, 0.1) is 35.7 Å². The lowest BCUT2D eigenvalue weighted by atomic mass is 9.90. The minimum Gasteiger partial charge on any atom is -0.460 e. The summed E-state index contributed by atoms with van der Waals surface area (Å²) >= 11 is 0. The molecule has 5 rings (SSSR count). The monoisotopic (exact) mass is 523 g/mol. The van der Waals surface area contributed by atoms with Crippen LogP contribution in [0.5, 0.6) is 6.01 Å². The molecule has 1 aliphatic carbocycles. The Morgan fingerprint density at radius 3 is 2.50 bits per heavy atom. The Morgan fingerprint density at radius 1 is 1.11 bits per heavy atom. The van der Waals surface area contributed by atoms with Crippen LogP contribution in [0.4, 0.5) is 4.39 Å². The maximum atomic E-state index is 13.7. The molecule has 1 saturated carbocycles. The zero-order chi connectivity index (χ0) is 26.7. The van der Waals surface area contributed by atoms with Gasteiger partial charge in [0.1, 0.15) is 11.9 Å². The average Bonchev–Trinajstić information content (AvgIpc) is 3.35. The van der Waals surface area contributed by atoms with E-state index >= 15 is 0 Å². The Kier molecular flexibility index (Phi) is 7.71. The van der Waals surface area contributed by atoms with Crippen molar-refractivity contribution in [1.82, 2.24) is 25.3 Å². The highest BCUT2D eigenvalue weighted by Gasteiger charge is 2.41. The summed E-state index contributed by atoms with van der Waals surface area (Å²) in [6.07, 6.45) is 6.46. The first-order valence-corrected chi connectivity index (χ1v) is 13.2. The molecule has 1 aliphatic heterocycles. The second kappa shape index (κ2) is 11.2. The number of imidazole rings is 1. The number of nitrogens with zero attached hydrogens (tertiary/aromatic N) is 3. The molecule has 1 aromatic carbocycles. The Hall–Kier alpha value is -3.37. The van der Waals surface area contributed by atoms with Gasteiger partial charge in [0.15, 0.2) is 5.82 Å². The van der Waals surface area contributed by atoms with E-state index in [1.54, 1.807) is 24.4 Å². The number of amides is 1. The molecule has 2 fully saturated rings. The van der Waals surface area contributed by atoms with Crippen LogP contribution >= 0.6 is 0 Å². The molecular formula is C28H34FN5O4.